The highest BCUT2D eigenvalue weighted by Crippen LogP contribution is 2.21. The zero-order valence-corrected chi connectivity index (χ0v) is 18.4. The van der Waals surface area contributed by atoms with Gasteiger partial charge in [0.25, 0.3) is 5.89 Å². The standard InChI is InChI=1S/C22H25N5O3S/c1-29-18-7-3-16(4-8-18)21-24-20(25-30-21)15-26-11-13-27(14-12-26)22(28)23-17-5-9-19(31-2)10-6-17/h3-10H,11-15H2,1-2H3,(H,23,28). The summed E-state index contributed by atoms with van der Waals surface area (Å²) < 4.78 is 10.6. The minimum absolute atomic E-state index is 0.0714. The molecule has 1 saturated heterocycles. The van der Waals surface area contributed by atoms with Crippen molar-refractivity contribution in [2.24, 2.45) is 0 Å². The summed E-state index contributed by atoms with van der Waals surface area (Å²) in [6.07, 6.45) is 2.03. The van der Waals surface area contributed by atoms with Gasteiger partial charge in [-0.15, -0.1) is 11.8 Å². The molecule has 0 radical (unpaired) electrons. The van der Waals surface area contributed by atoms with Gasteiger partial charge < -0.3 is 19.5 Å². The second-order valence-corrected chi connectivity index (χ2v) is 8.05. The summed E-state index contributed by atoms with van der Waals surface area (Å²) in [4.78, 5) is 22.3. The first kappa shape index (κ1) is 21.2. The van der Waals surface area contributed by atoms with E-state index in [0.29, 0.717) is 31.3 Å². The Morgan fingerprint density at radius 1 is 1.10 bits per heavy atom. The predicted octanol–water partition coefficient (Wildman–Crippen LogP) is 3.82. The molecule has 0 unspecified atom stereocenters. The molecule has 1 N–H and O–H groups in total. The van der Waals surface area contributed by atoms with Crippen molar-refractivity contribution in [1.82, 2.24) is 19.9 Å². The number of methoxy groups -OCH3 is 1. The molecule has 0 bridgehead atoms. The van der Waals surface area contributed by atoms with Crippen molar-refractivity contribution >= 4 is 23.5 Å². The number of anilines is 1. The van der Waals surface area contributed by atoms with E-state index >= 15 is 0 Å². The molecule has 1 aliphatic rings. The first-order valence-electron chi connectivity index (χ1n) is 10.0. The topological polar surface area (TPSA) is 83.7 Å². The summed E-state index contributed by atoms with van der Waals surface area (Å²) in [5.41, 5.74) is 1.66. The smallest absolute Gasteiger partial charge is 0.321 e. The second kappa shape index (κ2) is 9.84. The first-order chi connectivity index (χ1) is 15.1. The number of piperazine rings is 1. The molecule has 0 spiro atoms. The molecule has 9 heteroatoms. The normalized spacial score (nSPS) is 14.5. The fourth-order valence-electron chi connectivity index (χ4n) is 3.35. The molecular formula is C22H25N5O3S. The number of hydrogen-bond acceptors (Lipinski definition) is 7. The number of rotatable bonds is 6. The third-order valence-electron chi connectivity index (χ3n) is 5.17. The molecule has 0 aliphatic carbocycles. The molecule has 1 aliphatic heterocycles. The fraction of sp³-hybridized carbons (Fsp3) is 0.318. The van der Waals surface area contributed by atoms with Crippen LogP contribution in [-0.4, -0.2) is 65.5 Å². The van der Waals surface area contributed by atoms with Gasteiger partial charge in [0.1, 0.15) is 5.75 Å². The summed E-state index contributed by atoms with van der Waals surface area (Å²) in [6, 6.07) is 15.3. The lowest BCUT2D eigenvalue weighted by Crippen LogP contribution is -2.49. The van der Waals surface area contributed by atoms with E-state index < -0.39 is 0 Å². The van der Waals surface area contributed by atoms with Crippen LogP contribution in [0.4, 0.5) is 10.5 Å². The van der Waals surface area contributed by atoms with E-state index in [-0.39, 0.29) is 6.03 Å². The number of nitrogens with one attached hydrogen (secondary N) is 1. The molecule has 2 heterocycles. The van der Waals surface area contributed by atoms with E-state index in [2.05, 4.69) is 20.4 Å². The number of carbonyl (C=O) groups excluding carboxylic acids is 1. The van der Waals surface area contributed by atoms with Crippen molar-refractivity contribution in [2.75, 3.05) is 44.9 Å². The van der Waals surface area contributed by atoms with Crippen LogP contribution >= 0.6 is 11.8 Å². The van der Waals surface area contributed by atoms with Crippen LogP contribution in [0.2, 0.25) is 0 Å². The number of hydrogen-bond donors (Lipinski definition) is 1. The molecule has 2 aromatic carbocycles. The number of ether oxygens (including phenoxy) is 1. The Kier molecular flexibility index (Phi) is 6.73. The van der Waals surface area contributed by atoms with Gasteiger partial charge in [-0.2, -0.15) is 4.98 Å². The van der Waals surface area contributed by atoms with Crippen LogP contribution < -0.4 is 10.1 Å². The number of amides is 2. The number of benzene rings is 2. The molecule has 8 nitrogen and oxygen atoms in total. The Labute approximate surface area is 185 Å². The lowest BCUT2D eigenvalue weighted by Gasteiger charge is -2.34. The maximum absolute atomic E-state index is 12.5. The van der Waals surface area contributed by atoms with E-state index in [1.807, 2.05) is 59.7 Å². The molecule has 0 atom stereocenters. The van der Waals surface area contributed by atoms with E-state index in [9.17, 15) is 4.79 Å². The molecule has 162 valence electrons. The molecule has 2 amide bonds. The van der Waals surface area contributed by atoms with Crippen molar-refractivity contribution in [3.05, 3.63) is 54.4 Å². The number of nitrogens with zero attached hydrogens (tertiary/aromatic N) is 4. The van der Waals surface area contributed by atoms with Crippen LogP contribution in [0.1, 0.15) is 5.82 Å². The zero-order chi connectivity index (χ0) is 21.6. The number of carbonyl (C=O) groups is 1. The van der Waals surface area contributed by atoms with Gasteiger partial charge in [0.05, 0.1) is 13.7 Å². The van der Waals surface area contributed by atoms with E-state index in [4.69, 9.17) is 9.26 Å². The van der Waals surface area contributed by atoms with Gasteiger partial charge in [-0.1, -0.05) is 5.16 Å². The van der Waals surface area contributed by atoms with Crippen LogP contribution in [-0.2, 0) is 6.54 Å². The second-order valence-electron chi connectivity index (χ2n) is 7.17. The Balaban J connectivity index is 1.27. The molecule has 1 aromatic heterocycles. The lowest BCUT2D eigenvalue weighted by atomic mass is 10.2. The molecule has 1 fully saturated rings. The van der Waals surface area contributed by atoms with Gasteiger partial charge in [0, 0.05) is 42.3 Å². The summed E-state index contributed by atoms with van der Waals surface area (Å²) >= 11 is 1.68. The quantitative estimate of drug-likeness (QED) is 0.585. The van der Waals surface area contributed by atoms with Gasteiger partial charge >= 0.3 is 6.03 Å². The minimum Gasteiger partial charge on any atom is -0.497 e. The van der Waals surface area contributed by atoms with Crippen molar-refractivity contribution in [1.29, 1.82) is 0 Å². The Bertz CT molecular complexity index is 999. The maximum Gasteiger partial charge on any atom is 0.321 e. The minimum atomic E-state index is -0.0714. The van der Waals surface area contributed by atoms with Gasteiger partial charge in [0.2, 0.25) is 0 Å². The third kappa shape index (κ3) is 5.36. The monoisotopic (exact) mass is 439 g/mol. The Morgan fingerprint density at radius 3 is 2.45 bits per heavy atom. The summed E-state index contributed by atoms with van der Waals surface area (Å²) in [7, 11) is 1.63. The van der Waals surface area contributed by atoms with Crippen LogP contribution in [0, 0.1) is 0 Å². The molecule has 31 heavy (non-hydrogen) atoms. The molecule has 3 aromatic rings. The largest absolute Gasteiger partial charge is 0.497 e. The summed E-state index contributed by atoms with van der Waals surface area (Å²) in [5, 5.41) is 7.07. The zero-order valence-electron chi connectivity index (χ0n) is 17.6. The van der Waals surface area contributed by atoms with Crippen LogP contribution in [0.5, 0.6) is 5.75 Å². The Morgan fingerprint density at radius 2 is 1.81 bits per heavy atom. The highest BCUT2D eigenvalue weighted by molar-refractivity contribution is 7.98. The molecular weight excluding hydrogens is 414 g/mol. The van der Waals surface area contributed by atoms with Gasteiger partial charge in [0.15, 0.2) is 5.82 Å². The SMILES string of the molecule is COc1ccc(-c2nc(CN3CCN(C(=O)Nc4ccc(SC)cc4)CC3)no2)cc1. The van der Waals surface area contributed by atoms with Gasteiger partial charge in [-0.3, -0.25) is 4.90 Å². The Hall–Kier alpha value is -3.04. The average Bonchev–Trinajstić information content (AvgIpc) is 3.28. The van der Waals surface area contributed by atoms with Crippen LogP contribution in [0.25, 0.3) is 11.5 Å². The van der Waals surface area contributed by atoms with Crippen molar-refractivity contribution in [3.8, 4) is 17.2 Å². The van der Waals surface area contributed by atoms with Crippen LogP contribution in [0.3, 0.4) is 0 Å². The summed E-state index contributed by atoms with van der Waals surface area (Å²) in [6.45, 7) is 3.40. The summed E-state index contributed by atoms with van der Waals surface area (Å²) in [5.74, 6) is 1.91. The average molecular weight is 440 g/mol. The van der Waals surface area contributed by atoms with Crippen molar-refractivity contribution < 1.29 is 14.1 Å². The van der Waals surface area contributed by atoms with E-state index in [1.165, 1.54) is 4.90 Å². The molecule has 0 saturated carbocycles. The van der Waals surface area contributed by atoms with E-state index in [0.717, 1.165) is 30.1 Å². The van der Waals surface area contributed by atoms with E-state index in [1.54, 1.807) is 18.9 Å². The highest BCUT2D eigenvalue weighted by atomic mass is 32.2. The maximum atomic E-state index is 12.5. The highest BCUT2D eigenvalue weighted by Gasteiger charge is 2.22. The van der Waals surface area contributed by atoms with Gasteiger partial charge in [-0.05, 0) is 54.8 Å². The van der Waals surface area contributed by atoms with Crippen molar-refractivity contribution in [3.63, 3.8) is 0 Å². The van der Waals surface area contributed by atoms with Crippen molar-refractivity contribution in [2.45, 2.75) is 11.4 Å². The number of thioether (sulfide) groups is 1. The van der Waals surface area contributed by atoms with Gasteiger partial charge in [-0.25, -0.2) is 4.79 Å². The first-order valence-corrected chi connectivity index (χ1v) is 11.3. The third-order valence-corrected chi connectivity index (χ3v) is 5.91. The van der Waals surface area contributed by atoms with Crippen LogP contribution in [0.15, 0.2) is 57.9 Å². The lowest BCUT2D eigenvalue weighted by molar-refractivity contribution is 0.140. The molecule has 4 rings (SSSR count). The fourth-order valence-corrected chi connectivity index (χ4v) is 3.76. The number of urea groups is 1. The predicted molar refractivity (Wildman–Crippen MR) is 120 cm³/mol. The number of aromatic nitrogens is 2.